The maximum Gasteiger partial charge on any atom is 0.181 e. The van der Waals surface area contributed by atoms with Crippen LogP contribution in [0.2, 0.25) is 5.02 Å². The molecule has 0 aromatic carbocycles. The van der Waals surface area contributed by atoms with Gasteiger partial charge in [0.25, 0.3) is 0 Å². The Balaban J connectivity index is 2.66. The van der Waals surface area contributed by atoms with Crippen LogP contribution < -0.4 is 0 Å². The maximum atomic E-state index is 6.23. The van der Waals surface area contributed by atoms with Gasteiger partial charge in [-0.3, -0.25) is 5.10 Å². The smallest absolute Gasteiger partial charge is 0.181 e. The van der Waals surface area contributed by atoms with E-state index in [1.165, 1.54) is 0 Å². The van der Waals surface area contributed by atoms with Crippen molar-refractivity contribution in [3.05, 3.63) is 22.5 Å². The van der Waals surface area contributed by atoms with Crippen LogP contribution in [0, 0.1) is 0 Å². The molecule has 86 valence electrons. The highest BCUT2D eigenvalue weighted by atomic mass is 35.5. The van der Waals surface area contributed by atoms with Crippen molar-refractivity contribution in [3.63, 3.8) is 0 Å². The maximum absolute atomic E-state index is 6.23. The highest BCUT2D eigenvalue weighted by Crippen LogP contribution is 2.29. The van der Waals surface area contributed by atoms with Gasteiger partial charge in [-0.15, -0.1) is 0 Å². The normalized spacial score (nSPS) is 11.9. The highest BCUT2D eigenvalue weighted by molar-refractivity contribution is 6.31. The molecule has 0 aliphatic carbocycles. The molecule has 3 nitrogen and oxygen atoms in total. The van der Waals surface area contributed by atoms with E-state index in [1.54, 1.807) is 0 Å². The predicted octanol–water partition coefficient (Wildman–Crippen LogP) is 3.86. The first kappa shape index (κ1) is 11.4. The molecule has 16 heavy (non-hydrogen) atoms. The number of fused-ring (bicyclic) bond motifs is 1. The predicted molar refractivity (Wildman–Crippen MR) is 67.1 cm³/mol. The highest BCUT2D eigenvalue weighted by Gasteiger charge is 2.14. The van der Waals surface area contributed by atoms with Gasteiger partial charge in [-0.1, -0.05) is 39.3 Å². The zero-order valence-electron chi connectivity index (χ0n) is 10.0. The Morgan fingerprint density at radius 1 is 1.19 bits per heavy atom. The second-order valence-corrected chi connectivity index (χ2v) is 5.08. The standard InChI is InChI=1S/C12H16ClN3/c1-6(2)10-8-5-9(13)11(7(3)4)14-12(8)16-15-10/h5-7H,1-4H3,(H,14,15,16). The third-order valence-electron chi connectivity index (χ3n) is 2.68. The molecule has 1 N–H and O–H groups in total. The van der Waals surface area contributed by atoms with Crippen LogP contribution in [0.15, 0.2) is 6.07 Å². The zero-order chi connectivity index (χ0) is 11.9. The van der Waals surface area contributed by atoms with Crippen molar-refractivity contribution in [1.82, 2.24) is 15.2 Å². The minimum atomic E-state index is 0.316. The first-order valence-electron chi connectivity index (χ1n) is 5.55. The summed E-state index contributed by atoms with van der Waals surface area (Å²) in [4.78, 5) is 4.50. The Labute approximate surface area is 100 Å². The lowest BCUT2D eigenvalue weighted by Gasteiger charge is -2.07. The van der Waals surface area contributed by atoms with Crippen molar-refractivity contribution >= 4 is 22.6 Å². The summed E-state index contributed by atoms with van der Waals surface area (Å²) >= 11 is 6.23. The van der Waals surface area contributed by atoms with Crippen LogP contribution in [0.25, 0.3) is 11.0 Å². The summed E-state index contributed by atoms with van der Waals surface area (Å²) in [6.07, 6.45) is 0. The third kappa shape index (κ3) is 1.80. The average molecular weight is 238 g/mol. The van der Waals surface area contributed by atoms with Gasteiger partial charge in [0.1, 0.15) is 0 Å². The lowest BCUT2D eigenvalue weighted by atomic mass is 10.1. The summed E-state index contributed by atoms with van der Waals surface area (Å²) in [7, 11) is 0. The number of H-pyrrole nitrogens is 1. The summed E-state index contributed by atoms with van der Waals surface area (Å²) in [5, 5.41) is 9.02. The quantitative estimate of drug-likeness (QED) is 0.862. The summed E-state index contributed by atoms with van der Waals surface area (Å²) in [6.45, 7) is 8.40. The van der Waals surface area contributed by atoms with Crippen molar-refractivity contribution in [2.75, 3.05) is 0 Å². The van der Waals surface area contributed by atoms with Crippen LogP contribution >= 0.6 is 11.6 Å². The molecular formula is C12H16ClN3. The van der Waals surface area contributed by atoms with E-state index in [0.29, 0.717) is 11.8 Å². The molecule has 2 heterocycles. The second-order valence-electron chi connectivity index (χ2n) is 4.67. The van der Waals surface area contributed by atoms with Crippen LogP contribution in [0.4, 0.5) is 0 Å². The van der Waals surface area contributed by atoms with E-state index < -0.39 is 0 Å². The molecule has 0 aliphatic rings. The lowest BCUT2D eigenvalue weighted by molar-refractivity contribution is 0.816. The lowest BCUT2D eigenvalue weighted by Crippen LogP contribution is -1.95. The van der Waals surface area contributed by atoms with E-state index in [0.717, 1.165) is 27.4 Å². The molecule has 0 bridgehead atoms. The number of halogens is 1. The molecule has 0 radical (unpaired) electrons. The summed E-state index contributed by atoms with van der Waals surface area (Å²) in [5.41, 5.74) is 2.77. The van der Waals surface area contributed by atoms with E-state index in [1.807, 2.05) is 6.07 Å². The van der Waals surface area contributed by atoms with Crippen LogP contribution in [0.3, 0.4) is 0 Å². The number of rotatable bonds is 2. The topological polar surface area (TPSA) is 41.6 Å². The minimum absolute atomic E-state index is 0.316. The van der Waals surface area contributed by atoms with Gasteiger partial charge < -0.3 is 0 Å². The van der Waals surface area contributed by atoms with Gasteiger partial charge in [-0.25, -0.2) is 4.98 Å². The summed E-state index contributed by atoms with van der Waals surface area (Å²) in [6, 6.07) is 1.97. The molecule has 2 aromatic heterocycles. The van der Waals surface area contributed by atoms with Gasteiger partial charge in [0.2, 0.25) is 0 Å². The molecule has 2 rings (SSSR count). The molecule has 4 heteroatoms. The van der Waals surface area contributed by atoms with Crippen molar-refractivity contribution < 1.29 is 0 Å². The molecular weight excluding hydrogens is 222 g/mol. The van der Waals surface area contributed by atoms with Gasteiger partial charge in [0.05, 0.1) is 10.7 Å². The summed E-state index contributed by atoms with van der Waals surface area (Å²) in [5.74, 6) is 0.712. The molecule has 0 aliphatic heterocycles. The van der Waals surface area contributed by atoms with Crippen molar-refractivity contribution in [1.29, 1.82) is 0 Å². The Bertz CT molecular complexity index is 514. The van der Waals surface area contributed by atoms with Crippen LogP contribution in [-0.2, 0) is 0 Å². The zero-order valence-corrected chi connectivity index (χ0v) is 10.8. The summed E-state index contributed by atoms with van der Waals surface area (Å²) < 4.78 is 0. The van der Waals surface area contributed by atoms with E-state index in [2.05, 4.69) is 42.9 Å². The average Bonchev–Trinajstić information content (AvgIpc) is 2.58. The molecule has 0 saturated heterocycles. The Morgan fingerprint density at radius 2 is 1.88 bits per heavy atom. The van der Waals surface area contributed by atoms with Gasteiger partial charge in [-0.05, 0) is 17.9 Å². The SMILES string of the molecule is CC(C)c1nc2n[nH]c(C(C)C)c2cc1Cl. The van der Waals surface area contributed by atoms with Crippen LogP contribution in [-0.4, -0.2) is 15.2 Å². The number of pyridine rings is 1. The second kappa shape index (κ2) is 4.06. The van der Waals surface area contributed by atoms with Gasteiger partial charge in [-0.2, -0.15) is 5.10 Å². The largest absolute Gasteiger partial charge is 0.279 e. The van der Waals surface area contributed by atoms with Gasteiger partial charge in [0.15, 0.2) is 5.65 Å². The first-order valence-corrected chi connectivity index (χ1v) is 5.93. The van der Waals surface area contributed by atoms with E-state index >= 15 is 0 Å². The number of hydrogen-bond acceptors (Lipinski definition) is 2. The number of nitrogens with one attached hydrogen (secondary N) is 1. The fourth-order valence-electron chi connectivity index (χ4n) is 1.79. The molecule has 0 atom stereocenters. The van der Waals surface area contributed by atoms with E-state index in [4.69, 9.17) is 11.6 Å². The van der Waals surface area contributed by atoms with Crippen molar-refractivity contribution in [2.45, 2.75) is 39.5 Å². The fourth-order valence-corrected chi connectivity index (χ4v) is 2.16. The Kier molecular flexibility index (Phi) is 2.89. The fraction of sp³-hybridized carbons (Fsp3) is 0.500. The van der Waals surface area contributed by atoms with Gasteiger partial charge in [0, 0.05) is 11.1 Å². The van der Waals surface area contributed by atoms with Crippen molar-refractivity contribution in [2.24, 2.45) is 0 Å². The number of aromatic nitrogens is 3. The molecule has 0 unspecified atom stereocenters. The first-order chi connectivity index (χ1) is 7.50. The minimum Gasteiger partial charge on any atom is -0.279 e. The van der Waals surface area contributed by atoms with E-state index in [-0.39, 0.29) is 0 Å². The number of nitrogens with zero attached hydrogens (tertiary/aromatic N) is 2. The van der Waals surface area contributed by atoms with Crippen LogP contribution in [0.1, 0.15) is 50.9 Å². The Hall–Kier alpha value is -1.09. The molecule has 0 fully saturated rings. The number of hydrogen-bond donors (Lipinski definition) is 1. The van der Waals surface area contributed by atoms with Crippen molar-refractivity contribution in [3.8, 4) is 0 Å². The molecule has 0 spiro atoms. The third-order valence-corrected chi connectivity index (χ3v) is 2.98. The molecule has 2 aromatic rings. The van der Waals surface area contributed by atoms with Gasteiger partial charge >= 0.3 is 0 Å². The monoisotopic (exact) mass is 237 g/mol. The molecule has 0 amide bonds. The van der Waals surface area contributed by atoms with E-state index in [9.17, 15) is 0 Å². The Morgan fingerprint density at radius 3 is 2.44 bits per heavy atom. The number of aromatic amines is 1. The van der Waals surface area contributed by atoms with Crippen LogP contribution in [0.5, 0.6) is 0 Å². The molecule has 0 saturated carbocycles.